The van der Waals surface area contributed by atoms with E-state index in [-0.39, 0.29) is 6.10 Å². The van der Waals surface area contributed by atoms with E-state index < -0.39 is 8.38 Å². The Balaban J connectivity index is 1.05. The molecule has 1 saturated heterocycles. The standard InChI is InChI=1S/C30H44N5O3PS2/c1-2-7-23-21-31-29(32-22-23)34-14-12-26(13-15-34)38-30-33-27-9-8-25(20-28(27)41-30)24-10-16-35(17-11-24)40-19-6-4-3-5-18-39(36)37/h8-10,20-21,26,36-37H,2-7,11-19,22H2,1H3,(H,31,32). The average molecular weight is 618 g/mol. The number of ether oxygens (including phenoxy) is 1. The molecule has 41 heavy (non-hydrogen) atoms. The molecule has 4 heterocycles. The number of thiazole rings is 1. The fourth-order valence-electron chi connectivity index (χ4n) is 5.51. The van der Waals surface area contributed by atoms with Crippen LogP contribution in [-0.4, -0.2) is 80.7 Å². The summed E-state index contributed by atoms with van der Waals surface area (Å²) in [5.74, 6) is 2.14. The van der Waals surface area contributed by atoms with Crippen molar-refractivity contribution in [1.82, 2.24) is 19.5 Å². The summed E-state index contributed by atoms with van der Waals surface area (Å²) in [4.78, 5) is 29.9. The highest BCUT2D eigenvalue weighted by atomic mass is 32.2. The van der Waals surface area contributed by atoms with Crippen LogP contribution < -0.4 is 10.1 Å². The van der Waals surface area contributed by atoms with Gasteiger partial charge in [0, 0.05) is 57.1 Å². The maximum absolute atomic E-state index is 8.99. The Labute approximate surface area is 254 Å². The lowest BCUT2D eigenvalue weighted by molar-refractivity contribution is 0.129. The molecule has 11 heteroatoms. The first kappa shape index (κ1) is 30.8. The fraction of sp³-hybridized carbons (Fsp3) is 0.600. The number of aliphatic imine (C=N–C) groups is 1. The van der Waals surface area contributed by atoms with Gasteiger partial charge in [-0.3, -0.25) is 0 Å². The summed E-state index contributed by atoms with van der Waals surface area (Å²) in [6.45, 7) is 6.96. The van der Waals surface area contributed by atoms with Crippen molar-refractivity contribution < 1.29 is 14.5 Å². The molecular formula is C30H44N5O3PS2. The molecule has 0 aliphatic carbocycles. The van der Waals surface area contributed by atoms with Crippen molar-refractivity contribution >= 4 is 53.4 Å². The molecule has 0 saturated carbocycles. The van der Waals surface area contributed by atoms with Crippen molar-refractivity contribution in [3.8, 4) is 5.19 Å². The predicted octanol–water partition coefficient (Wildman–Crippen LogP) is 6.38. The molecule has 3 aliphatic rings. The number of hydrogen-bond acceptors (Lipinski definition) is 10. The molecule has 0 radical (unpaired) electrons. The quantitative estimate of drug-likeness (QED) is 0.136. The molecular weight excluding hydrogens is 573 g/mol. The molecule has 0 unspecified atom stereocenters. The van der Waals surface area contributed by atoms with Crippen LogP contribution in [0.2, 0.25) is 0 Å². The molecule has 5 rings (SSSR count). The zero-order chi connectivity index (χ0) is 28.4. The van der Waals surface area contributed by atoms with Gasteiger partial charge < -0.3 is 24.7 Å². The van der Waals surface area contributed by atoms with Gasteiger partial charge >= 0.3 is 0 Å². The largest absolute Gasteiger partial charge is 0.467 e. The van der Waals surface area contributed by atoms with E-state index >= 15 is 0 Å². The van der Waals surface area contributed by atoms with Crippen LogP contribution in [0.4, 0.5) is 0 Å². The molecule has 3 N–H and O–H groups in total. The maximum atomic E-state index is 8.99. The molecule has 0 spiro atoms. The van der Waals surface area contributed by atoms with Crippen LogP contribution >= 0.6 is 31.7 Å². The van der Waals surface area contributed by atoms with Gasteiger partial charge in [0.05, 0.1) is 16.8 Å². The van der Waals surface area contributed by atoms with Gasteiger partial charge in [-0.05, 0) is 54.5 Å². The van der Waals surface area contributed by atoms with Gasteiger partial charge in [-0.1, -0.05) is 61.6 Å². The van der Waals surface area contributed by atoms with Gasteiger partial charge in [-0.25, -0.2) is 14.3 Å². The van der Waals surface area contributed by atoms with Crippen molar-refractivity contribution in [3.63, 3.8) is 0 Å². The monoisotopic (exact) mass is 617 g/mol. The number of piperidine rings is 1. The Morgan fingerprint density at radius 3 is 2.73 bits per heavy atom. The number of nitrogens with one attached hydrogen (secondary N) is 1. The van der Waals surface area contributed by atoms with Gasteiger partial charge in [-0.15, -0.1) is 0 Å². The number of unbranched alkanes of at least 4 members (excludes halogenated alkanes) is 3. The summed E-state index contributed by atoms with van der Waals surface area (Å²) in [6, 6.07) is 6.64. The van der Waals surface area contributed by atoms with Crippen LogP contribution in [0.15, 0.2) is 41.0 Å². The highest BCUT2D eigenvalue weighted by Gasteiger charge is 2.24. The first-order valence-corrected chi connectivity index (χ1v) is 18.3. The highest BCUT2D eigenvalue weighted by Crippen LogP contribution is 2.34. The first-order valence-electron chi connectivity index (χ1n) is 15.1. The van der Waals surface area contributed by atoms with Crippen LogP contribution in [0.1, 0.15) is 70.3 Å². The SMILES string of the molecule is CCCC1=CNC(N2CCC(Oc3nc4ccc(C5=CCN(SCCCCCCP(O)O)CC5)cc4s3)CC2)=NC1. The Morgan fingerprint density at radius 1 is 1.15 bits per heavy atom. The normalized spacial score (nSPS) is 18.8. The Bertz CT molecular complexity index is 1230. The van der Waals surface area contributed by atoms with Crippen molar-refractivity contribution in [2.75, 3.05) is 44.6 Å². The summed E-state index contributed by atoms with van der Waals surface area (Å²) in [5.41, 5.74) is 5.12. The van der Waals surface area contributed by atoms with Crippen LogP contribution in [0.5, 0.6) is 5.19 Å². The fourth-order valence-corrected chi connectivity index (χ4v) is 7.93. The van der Waals surface area contributed by atoms with E-state index in [0.717, 1.165) is 107 Å². The topological polar surface area (TPSA) is 93.5 Å². The van der Waals surface area contributed by atoms with E-state index in [0.29, 0.717) is 6.16 Å². The molecule has 3 aliphatic heterocycles. The molecule has 1 fully saturated rings. The molecule has 2 aromatic rings. The third-order valence-corrected chi connectivity index (χ3v) is 10.6. The second-order valence-electron chi connectivity index (χ2n) is 11.0. The van der Waals surface area contributed by atoms with Crippen LogP contribution in [0.3, 0.4) is 0 Å². The lowest BCUT2D eigenvalue weighted by Gasteiger charge is -2.34. The van der Waals surface area contributed by atoms with Crippen molar-refractivity contribution in [3.05, 3.63) is 41.6 Å². The molecule has 0 atom stereocenters. The Morgan fingerprint density at radius 2 is 2.00 bits per heavy atom. The van der Waals surface area contributed by atoms with Gasteiger partial charge in [0.25, 0.3) is 5.19 Å². The molecule has 8 nitrogen and oxygen atoms in total. The van der Waals surface area contributed by atoms with Crippen molar-refractivity contribution in [2.45, 2.75) is 70.8 Å². The lowest BCUT2D eigenvalue weighted by Crippen LogP contribution is -2.47. The number of nitrogens with zero attached hydrogens (tertiary/aromatic N) is 4. The number of likely N-dealkylation sites (tertiary alicyclic amines) is 1. The molecule has 224 valence electrons. The zero-order valence-corrected chi connectivity index (χ0v) is 26.7. The third kappa shape index (κ3) is 9.15. The van der Waals surface area contributed by atoms with Gasteiger partial charge in [0.2, 0.25) is 0 Å². The first-order chi connectivity index (χ1) is 20.1. The maximum Gasteiger partial charge on any atom is 0.274 e. The second-order valence-corrected chi connectivity index (χ2v) is 14.4. The van der Waals surface area contributed by atoms with Gasteiger partial charge in [0.15, 0.2) is 14.3 Å². The van der Waals surface area contributed by atoms with Gasteiger partial charge in [-0.2, -0.15) is 0 Å². The van der Waals surface area contributed by atoms with E-state index in [1.165, 1.54) is 27.8 Å². The van der Waals surface area contributed by atoms with Gasteiger partial charge in [0.1, 0.15) is 6.10 Å². The summed E-state index contributed by atoms with van der Waals surface area (Å²) < 4.78 is 10.0. The summed E-state index contributed by atoms with van der Waals surface area (Å²) >= 11 is 3.61. The van der Waals surface area contributed by atoms with E-state index in [1.807, 2.05) is 11.9 Å². The van der Waals surface area contributed by atoms with Crippen LogP contribution in [-0.2, 0) is 0 Å². The summed E-state index contributed by atoms with van der Waals surface area (Å²) in [6.07, 6.45) is 14.9. The molecule has 1 aromatic carbocycles. The van der Waals surface area contributed by atoms with Crippen LogP contribution in [0, 0.1) is 0 Å². The predicted molar refractivity (Wildman–Crippen MR) is 175 cm³/mol. The molecule has 1 aromatic heterocycles. The summed E-state index contributed by atoms with van der Waals surface area (Å²) in [5, 5.41) is 4.18. The zero-order valence-electron chi connectivity index (χ0n) is 24.1. The lowest BCUT2D eigenvalue weighted by atomic mass is 10.0. The third-order valence-electron chi connectivity index (χ3n) is 7.86. The van der Waals surface area contributed by atoms with Crippen molar-refractivity contribution in [2.24, 2.45) is 4.99 Å². The van der Waals surface area contributed by atoms with E-state index in [4.69, 9.17) is 24.5 Å². The van der Waals surface area contributed by atoms with Crippen molar-refractivity contribution in [1.29, 1.82) is 0 Å². The highest BCUT2D eigenvalue weighted by molar-refractivity contribution is 7.97. The minimum atomic E-state index is -1.71. The Kier molecular flexibility index (Phi) is 11.8. The summed E-state index contributed by atoms with van der Waals surface area (Å²) in [7, 11) is -1.71. The van der Waals surface area contributed by atoms with E-state index in [2.05, 4.69) is 51.9 Å². The molecule has 0 amide bonds. The number of hydrogen-bond donors (Lipinski definition) is 3. The number of aromatic nitrogens is 1. The molecule has 0 bridgehead atoms. The average Bonchev–Trinajstić information content (AvgIpc) is 3.39. The minimum absolute atomic E-state index is 0.195. The second kappa shape index (κ2) is 15.7. The number of benzene rings is 1. The number of fused-ring (bicyclic) bond motifs is 1. The minimum Gasteiger partial charge on any atom is -0.467 e. The smallest absolute Gasteiger partial charge is 0.274 e. The number of guanidine groups is 1. The Hall–Kier alpha value is -1.68. The number of rotatable bonds is 13. The van der Waals surface area contributed by atoms with E-state index in [1.54, 1.807) is 11.3 Å². The van der Waals surface area contributed by atoms with Crippen LogP contribution in [0.25, 0.3) is 15.8 Å². The van der Waals surface area contributed by atoms with E-state index in [9.17, 15) is 0 Å².